The van der Waals surface area contributed by atoms with Crippen LogP contribution < -0.4 is 25.2 Å². The lowest BCUT2D eigenvalue weighted by Crippen LogP contribution is -2.39. The molecular weight excluding hydrogens is 541 g/mol. The minimum Gasteiger partial charge on any atom is -0.481 e. The van der Waals surface area contributed by atoms with Crippen molar-refractivity contribution in [2.75, 3.05) is 40.1 Å². The van der Waals surface area contributed by atoms with Gasteiger partial charge in [-0.1, -0.05) is 5.92 Å². The van der Waals surface area contributed by atoms with Crippen molar-refractivity contribution in [3.8, 4) is 18.1 Å². The Hall–Kier alpha value is -4.24. The normalized spacial score (nSPS) is 16.2. The largest absolute Gasteiger partial charge is 0.481 e. The molecule has 0 spiro atoms. The number of halogens is 2. The molecule has 0 saturated heterocycles. The van der Waals surface area contributed by atoms with Crippen molar-refractivity contribution < 1.29 is 23.5 Å². The number of anilines is 4. The van der Waals surface area contributed by atoms with Crippen LogP contribution in [0.4, 0.5) is 27.7 Å². The maximum Gasteiger partial charge on any atom is 0.265 e. The second-order valence-corrected chi connectivity index (χ2v) is 9.77. The van der Waals surface area contributed by atoms with E-state index in [9.17, 15) is 18.8 Å². The number of benzene rings is 1. The SMILES string of the molecule is C#CCN1C(=O)COc2cc(F)c(N3C(=O)C4=C(CCCC4)C3=O)cc21.CCNc1nc(Cl)nc(NC(C)C)n1. The third-order valence-electron chi connectivity index (χ3n) is 6.21. The van der Waals surface area contributed by atoms with Crippen LogP contribution in [0.1, 0.15) is 46.5 Å². The van der Waals surface area contributed by atoms with E-state index in [1.54, 1.807) is 0 Å². The lowest BCUT2D eigenvalue weighted by atomic mass is 9.93. The Morgan fingerprint density at radius 3 is 2.33 bits per heavy atom. The standard InChI is InChI=1S/C19H15FN2O4.C8H14ClN5/c1-2-7-21-15-9-14(13(20)8-16(15)26-10-17(21)23)22-18(24)11-5-3-4-6-12(11)19(22)25;1-4-10-7-12-6(9)13-8(14-7)11-5(2)3/h1,8-9H,3-7,10H2;5H,4H2,1-3H3,(H2,10,11,12,13,14). The third kappa shape index (κ3) is 5.99. The van der Waals surface area contributed by atoms with Gasteiger partial charge in [0.05, 0.1) is 17.9 Å². The van der Waals surface area contributed by atoms with Crippen molar-refractivity contribution in [2.45, 2.75) is 52.5 Å². The highest BCUT2D eigenvalue weighted by molar-refractivity contribution is 6.33. The molecule has 5 rings (SSSR count). The summed E-state index contributed by atoms with van der Waals surface area (Å²) in [5.41, 5.74) is 0.992. The number of carbonyl (C=O) groups is 3. The Kier molecular flexibility index (Phi) is 8.84. The van der Waals surface area contributed by atoms with Crippen LogP contribution in [0, 0.1) is 18.2 Å². The van der Waals surface area contributed by atoms with Gasteiger partial charge in [-0.15, -0.1) is 6.42 Å². The van der Waals surface area contributed by atoms with Crippen LogP contribution >= 0.6 is 11.6 Å². The molecule has 3 aliphatic rings. The molecule has 3 heterocycles. The van der Waals surface area contributed by atoms with E-state index in [-0.39, 0.29) is 47.5 Å². The molecule has 0 saturated carbocycles. The zero-order valence-corrected chi connectivity index (χ0v) is 23.1. The van der Waals surface area contributed by atoms with Crippen LogP contribution in [0.5, 0.6) is 5.75 Å². The molecule has 13 heteroatoms. The number of terminal acetylenes is 1. The highest BCUT2D eigenvalue weighted by Crippen LogP contribution is 2.41. The molecule has 1 aromatic carbocycles. The fourth-order valence-electron chi connectivity index (χ4n) is 4.52. The number of carbonyl (C=O) groups excluding carboxylic acids is 3. The predicted molar refractivity (Wildman–Crippen MR) is 149 cm³/mol. The van der Waals surface area contributed by atoms with Gasteiger partial charge in [0, 0.05) is 29.8 Å². The molecule has 0 unspecified atom stereocenters. The molecule has 0 radical (unpaired) electrons. The van der Waals surface area contributed by atoms with Crippen molar-refractivity contribution in [1.82, 2.24) is 15.0 Å². The minimum atomic E-state index is -0.764. The van der Waals surface area contributed by atoms with Crippen molar-refractivity contribution in [3.63, 3.8) is 0 Å². The summed E-state index contributed by atoms with van der Waals surface area (Å²) < 4.78 is 19.9. The maximum atomic E-state index is 14.7. The molecule has 3 amide bonds. The Labute approximate surface area is 236 Å². The molecule has 0 fully saturated rings. The second kappa shape index (κ2) is 12.3. The number of rotatable bonds is 6. The summed E-state index contributed by atoms with van der Waals surface area (Å²) in [5, 5.41) is 6.23. The molecule has 2 aliphatic heterocycles. The summed E-state index contributed by atoms with van der Waals surface area (Å²) >= 11 is 5.73. The van der Waals surface area contributed by atoms with Crippen molar-refractivity contribution in [2.24, 2.45) is 0 Å². The molecule has 40 heavy (non-hydrogen) atoms. The number of ether oxygens (including phenoxy) is 1. The van der Waals surface area contributed by atoms with Gasteiger partial charge >= 0.3 is 0 Å². The average Bonchev–Trinajstić information content (AvgIpc) is 3.15. The molecule has 1 aromatic heterocycles. The summed E-state index contributed by atoms with van der Waals surface area (Å²) in [6.45, 7) is 6.46. The molecule has 0 bridgehead atoms. The first-order valence-corrected chi connectivity index (χ1v) is 13.2. The lowest BCUT2D eigenvalue weighted by Gasteiger charge is -2.29. The fraction of sp³-hybridized carbons (Fsp3) is 0.407. The number of hydrogen-bond acceptors (Lipinski definition) is 9. The first kappa shape index (κ1) is 28.8. The van der Waals surface area contributed by atoms with Crippen molar-refractivity contribution in [3.05, 3.63) is 34.4 Å². The molecule has 2 N–H and O–H groups in total. The van der Waals surface area contributed by atoms with Crippen molar-refractivity contribution in [1.29, 1.82) is 0 Å². The number of hydrogen-bond donors (Lipinski definition) is 2. The zero-order valence-electron chi connectivity index (χ0n) is 22.4. The van der Waals surface area contributed by atoms with Crippen molar-refractivity contribution >= 4 is 52.6 Å². The quantitative estimate of drug-likeness (QED) is 0.395. The average molecular weight is 570 g/mol. The van der Waals surface area contributed by atoms with Crippen LogP contribution in [0.15, 0.2) is 23.3 Å². The first-order chi connectivity index (χ1) is 19.1. The van der Waals surface area contributed by atoms with Gasteiger partial charge in [-0.2, -0.15) is 15.0 Å². The summed E-state index contributed by atoms with van der Waals surface area (Å²) in [5.74, 6) is 1.40. The highest BCUT2D eigenvalue weighted by Gasteiger charge is 2.41. The van der Waals surface area contributed by atoms with Gasteiger partial charge in [-0.05, 0) is 64.1 Å². The summed E-state index contributed by atoms with van der Waals surface area (Å²) in [6, 6.07) is 2.63. The van der Waals surface area contributed by atoms with E-state index < -0.39 is 17.6 Å². The van der Waals surface area contributed by atoms with Gasteiger partial charge < -0.3 is 15.4 Å². The smallest absolute Gasteiger partial charge is 0.265 e. The Morgan fingerprint density at radius 2 is 1.73 bits per heavy atom. The number of nitrogens with zero attached hydrogens (tertiary/aromatic N) is 5. The van der Waals surface area contributed by atoms with Gasteiger partial charge in [0.25, 0.3) is 17.7 Å². The van der Waals surface area contributed by atoms with E-state index in [2.05, 4.69) is 31.5 Å². The van der Waals surface area contributed by atoms with E-state index in [0.717, 1.165) is 30.4 Å². The van der Waals surface area contributed by atoms with Crippen LogP contribution in [0.25, 0.3) is 0 Å². The highest BCUT2D eigenvalue weighted by atomic mass is 35.5. The summed E-state index contributed by atoms with van der Waals surface area (Å²) in [4.78, 5) is 51.6. The Balaban J connectivity index is 0.000000224. The number of imide groups is 1. The van der Waals surface area contributed by atoms with Crippen LogP contribution in [0.2, 0.25) is 5.28 Å². The van der Waals surface area contributed by atoms with Gasteiger partial charge in [0.15, 0.2) is 12.4 Å². The van der Waals surface area contributed by atoms with Crippen LogP contribution in [-0.4, -0.2) is 58.4 Å². The first-order valence-electron chi connectivity index (χ1n) is 12.9. The zero-order chi connectivity index (χ0) is 29.0. The van der Waals surface area contributed by atoms with E-state index in [4.69, 9.17) is 22.8 Å². The van der Waals surface area contributed by atoms with Crippen LogP contribution in [0.3, 0.4) is 0 Å². The van der Waals surface area contributed by atoms with E-state index in [0.29, 0.717) is 35.9 Å². The van der Waals surface area contributed by atoms with Crippen LogP contribution in [-0.2, 0) is 14.4 Å². The van der Waals surface area contributed by atoms with Gasteiger partial charge in [0.1, 0.15) is 5.75 Å². The monoisotopic (exact) mass is 569 g/mol. The Bertz CT molecular complexity index is 1390. The van der Waals surface area contributed by atoms with Gasteiger partial charge in [-0.3, -0.25) is 19.3 Å². The van der Waals surface area contributed by atoms with Gasteiger partial charge in [-0.25, -0.2) is 9.29 Å². The molecule has 0 atom stereocenters. The third-order valence-corrected chi connectivity index (χ3v) is 6.38. The molecule has 11 nitrogen and oxygen atoms in total. The molecule has 210 valence electrons. The predicted octanol–water partition coefficient (Wildman–Crippen LogP) is 3.71. The van der Waals surface area contributed by atoms with Gasteiger partial charge in [0.2, 0.25) is 17.2 Å². The number of nitrogens with one attached hydrogen (secondary N) is 2. The molecule has 1 aliphatic carbocycles. The lowest BCUT2D eigenvalue weighted by molar-refractivity contribution is -0.121. The molecule has 2 aromatic rings. The molecular formula is C27H29ClFN7O4. The minimum absolute atomic E-state index is 0.0170. The Morgan fingerprint density at radius 1 is 1.07 bits per heavy atom. The maximum absolute atomic E-state index is 14.7. The fourth-order valence-corrected chi connectivity index (χ4v) is 4.68. The van der Waals surface area contributed by atoms with E-state index in [1.807, 2.05) is 20.8 Å². The summed E-state index contributed by atoms with van der Waals surface area (Å²) in [6.07, 6.45) is 8.01. The second-order valence-electron chi connectivity index (χ2n) is 9.43. The topological polar surface area (TPSA) is 130 Å². The van der Waals surface area contributed by atoms with E-state index >= 15 is 0 Å². The number of amides is 3. The number of aromatic nitrogens is 3. The van der Waals surface area contributed by atoms with E-state index in [1.165, 1.54) is 11.0 Å². The summed E-state index contributed by atoms with van der Waals surface area (Å²) in [7, 11) is 0. The number of fused-ring (bicyclic) bond motifs is 1.